The van der Waals surface area contributed by atoms with Crippen molar-refractivity contribution in [3.05, 3.63) is 58.1 Å². The summed E-state index contributed by atoms with van der Waals surface area (Å²) in [5.74, 6) is -0.474. The zero-order valence-electron chi connectivity index (χ0n) is 11.6. The maximum atomic E-state index is 13.9. The molecule has 21 heavy (non-hydrogen) atoms. The molecule has 1 N–H and O–H groups in total. The number of halogens is 3. The number of anilines is 1. The van der Waals surface area contributed by atoms with Gasteiger partial charge in [0.15, 0.2) is 0 Å². The first-order chi connectivity index (χ1) is 9.88. The van der Waals surface area contributed by atoms with Crippen LogP contribution in [0, 0.1) is 11.6 Å². The first kappa shape index (κ1) is 14.3. The van der Waals surface area contributed by atoms with Gasteiger partial charge in [0.2, 0.25) is 0 Å². The van der Waals surface area contributed by atoms with Crippen LogP contribution < -0.4 is 10.1 Å². The van der Waals surface area contributed by atoms with Crippen LogP contribution in [0.5, 0.6) is 5.75 Å². The molecular formula is C16H14BrF2NO. The van der Waals surface area contributed by atoms with Gasteiger partial charge in [-0.3, -0.25) is 0 Å². The molecule has 0 spiro atoms. The number of hydrogen-bond donors (Lipinski definition) is 1. The van der Waals surface area contributed by atoms with Crippen molar-refractivity contribution < 1.29 is 13.5 Å². The van der Waals surface area contributed by atoms with E-state index in [4.69, 9.17) is 4.74 Å². The van der Waals surface area contributed by atoms with Gasteiger partial charge in [-0.05, 0) is 41.9 Å². The molecule has 110 valence electrons. The largest absolute Gasteiger partial charge is 0.485 e. The zero-order chi connectivity index (χ0) is 15.2. The Kier molecular flexibility index (Phi) is 3.40. The molecule has 0 bridgehead atoms. The van der Waals surface area contributed by atoms with E-state index >= 15 is 0 Å². The molecular weight excluding hydrogens is 340 g/mol. The summed E-state index contributed by atoms with van der Waals surface area (Å²) >= 11 is 3.08. The minimum Gasteiger partial charge on any atom is -0.485 e. The second kappa shape index (κ2) is 4.98. The Hall–Kier alpha value is -1.62. The second-order valence-electron chi connectivity index (χ2n) is 5.57. The smallest absolute Gasteiger partial charge is 0.149 e. The Morgan fingerprint density at radius 3 is 2.62 bits per heavy atom. The van der Waals surface area contributed by atoms with Crippen molar-refractivity contribution in [2.24, 2.45) is 0 Å². The second-order valence-corrected chi connectivity index (χ2v) is 6.42. The van der Waals surface area contributed by atoms with E-state index in [-0.39, 0.29) is 16.2 Å². The minimum absolute atomic E-state index is 0.219. The number of hydrogen-bond acceptors (Lipinski definition) is 2. The van der Waals surface area contributed by atoms with E-state index in [1.165, 1.54) is 6.07 Å². The molecule has 1 aliphatic heterocycles. The Balaban J connectivity index is 1.99. The summed E-state index contributed by atoms with van der Waals surface area (Å²) in [6.07, 6.45) is 0. The third-order valence-corrected chi connectivity index (χ3v) is 4.22. The molecule has 0 saturated heterocycles. The van der Waals surface area contributed by atoms with Crippen LogP contribution in [0.25, 0.3) is 0 Å². The summed E-state index contributed by atoms with van der Waals surface area (Å²) in [5.41, 5.74) is 0.667. The molecule has 1 atom stereocenters. The van der Waals surface area contributed by atoms with Crippen molar-refractivity contribution >= 4 is 21.6 Å². The molecule has 0 aromatic heterocycles. The Morgan fingerprint density at radius 2 is 1.86 bits per heavy atom. The highest BCUT2D eigenvalue weighted by molar-refractivity contribution is 9.10. The van der Waals surface area contributed by atoms with Crippen molar-refractivity contribution in [2.45, 2.75) is 25.5 Å². The van der Waals surface area contributed by atoms with E-state index in [2.05, 4.69) is 21.2 Å². The van der Waals surface area contributed by atoms with E-state index in [1.807, 2.05) is 38.1 Å². The molecule has 0 amide bonds. The average molecular weight is 354 g/mol. The predicted octanol–water partition coefficient (Wildman–Crippen LogP) is 5.05. The van der Waals surface area contributed by atoms with Crippen LogP contribution in [0.2, 0.25) is 0 Å². The first-order valence-corrected chi connectivity index (χ1v) is 7.37. The van der Waals surface area contributed by atoms with Gasteiger partial charge in [-0.25, -0.2) is 8.78 Å². The van der Waals surface area contributed by atoms with E-state index in [1.54, 1.807) is 0 Å². The molecule has 2 aromatic carbocycles. The highest BCUT2D eigenvalue weighted by Crippen LogP contribution is 2.45. The summed E-state index contributed by atoms with van der Waals surface area (Å²) in [6.45, 7) is 3.86. The topological polar surface area (TPSA) is 21.3 Å². The molecule has 1 unspecified atom stereocenters. The van der Waals surface area contributed by atoms with Gasteiger partial charge in [-0.1, -0.05) is 18.2 Å². The molecule has 2 aromatic rings. The molecule has 0 radical (unpaired) electrons. The van der Waals surface area contributed by atoms with Crippen LogP contribution in [-0.4, -0.2) is 5.60 Å². The van der Waals surface area contributed by atoms with Crippen molar-refractivity contribution in [3.8, 4) is 5.75 Å². The van der Waals surface area contributed by atoms with E-state index in [0.29, 0.717) is 0 Å². The minimum atomic E-state index is -0.629. The molecule has 1 heterocycles. The number of benzene rings is 2. The van der Waals surface area contributed by atoms with Gasteiger partial charge in [-0.2, -0.15) is 0 Å². The number of fused-ring (bicyclic) bond motifs is 1. The SMILES string of the molecule is CC1(C)Oc2ccccc2C1Nc1cc(Br)c(F)cc1F. The van der Waals surface area contributed by atoms with Crippen LogP contribution in [-0.2, 0) is 0 Å². The first-order valence-electron chi connectivity index (χ1n) is 6.57. The van der Waals surface area contributed by atoms with Gasteiger partial charge < -0.3 is 10.1 Å². The number of para-hydroxylation sites is 1. The summed E-state index contributed by atoms with van der Waals surface area (Å²) in [7, 11) is 0. The Labute approximate surface area is 130 Å². The van der Waals surface area contributed by atoms with Crippen LogP contribution >= 0.6 is 15.9 Å². The molecule has 2 nitrogen and oxygen atoms in total. The third-order valence-electron chi connectivity index (χ3n) is 3.61. The van der Waals surface area contributed by atoms with Gasteiger partial charge in [0.1, 0.15) is 23.0 Å². The van der Waals surface area contributed by atoms with Crippen molar-refractivity contribution in [1.29, 1.82) is 0 Å². The predicted molar refractivity (Wildman–Crippen MR) is 81.6 cm³/mol. The lowest BCUT2D eigenvalue weighted by atomic mass is 9.94. The lowest BCUT2D eigenvalue weighted by Crippen LogP contribution is -2.35. The number of ether oxygens (including phenoxy) is 1. The zero-order valence-corrected chi connectivity index (χ0v) is 13.2. The van der Waals surface area contributed by atoms with Crippen LogP contribution in [0.4, 0.5) is 14.5 Å². The van der Waals surface area contributed by atoms with Crippen molar-refractivity contribution in [1.82, 2.24) is 0 Å². The summed E-state index contributed by atoms with van der Waals surface area (Å²) < 4.78 is 33.4. The maximum Gasteiger partial charge on any atom is 0.149 e. The molecule has 1 aliphatic rings. The molecule has 0 aliphatic carbocycles. The summed E-state index contributed by atoms with van der Waals surface area (Å²) in [6, 6.07) is 9.68. The number of nitrogens with one attached hydrogen (secondary N) is 1. The Bertz CT molecular complexity index is 703. The van der Waals surface area contributed by atoms with Gasteiger partial charge in [0.05, 0.1) is 16.2 Å². The molecule has 3 rings (SSSR count). The standard InChI is InChI=1S/C16H14BrF2NO/c1-16(2)15(9-5-3-4-6-14(9)21-16)20-13-7-10(17)11(18)8-12(13)19/h3-8,15,20H,1-2H3. The lowest BCUT2D eigenvalue weighted by Gasteiger charge is -2.28. The van der Waals surface area contributed by atoms with Gasteiger partial charge >= 0.3 is 0 Å². The van der Waals surface area contributed by atoms with E-state index in [9.17, 15) is 8.78 Å². The molecule has 0 saturated carbocycles. The van der Waals surface area contributed by atoms with Crippen molar-refractivity contribution in [2.75, 3.05) is 5.32 Å². The summed E-state index contributed by atoms with van der Waals surface area (Å²) in [5, 5.41) is 3.13. The fourth-order valence-electron chi connectivity index (χ4n) is 2.57. The maximum absolute atomic E-state index is 13.9. The van der Waals surface area contributed by atoms with Gasteiger partial charge in [0, 0.05) is 11.6 Å². The highest BCUT2D eigenvalue weighted by Gasteiger charge is 2.41. The molecule has 5 heteroatoms. The number of rotatable bonds is 2. The van der Waals surface area contributed by atoms with Crippen LogP contribution in [0.15, 0.2) is 40.9 Å². The van der Waals surface area contributed by atoms with Crippen molar-refractivity contribution in [3.63, 3.8) is 0 Å². The van der Waals surface area contributed by atoms with Gasteiger partial charge in [-0.15, -0.1) is 0 Å². The van der Waals surface area contributed by atoms with Gasteiger partial charge in [0.25, 0.3) is 0 Å². The van der Waals surface area contributed by atoms with E-state index < -0.39 is 17.2 Å². The molecule has 0 fully saturated rings. The fraction of sp³-hybridized carbons (Fsp3) is 0.250. The normalized spacial score (nSPS) is 19.0. The third kappa shape index (κ3) is 2.50. The Morgan fingerprint density at radius 1 is 1.14 bits per heavy atom. The fourth-order valence-corrected chi connectivity index (χ4v) is 2.91. The highest BCUT2D eigenvalue weighted by atomic mass is 79.9. The quantitative estimate of drug-likeness (QED) is 0.762. The lowest BCUT2D eigenvalue weighted by molar-refractivity contribution is 0.118. The average Bonchev–Trinajstić information content (AvgIpc) is 2.67. The van der Waals surface area contributed by atoms with Crippen LogP contribution in [0.1, 0.15) is 25.5 Å². The summed E-state index contributed by atoms with van der Waals surface area (Å²) in [4.78, 5) is 0. The van der Waals surface area contributed by atoms with Crippen LogP contribution in [0.3, 0.4) is 0 Å². The van der Waals surface area contributed by atoms with E-state index in [0.717, 1.165) is 17.4 Å². The monoisotopic (exact) mass is 353 g/mol.